The second-order valence-electron chi connectivity index (χ2n) is 18.4. The molecule has 14 rings (SSSR count). The van der Waals surface area contributed by atoms with Crippen molar-refractivity contribution in [2.75, 3.05) is 19.4 Å². The van der Waals surface area contributed by atoms with Crippen LogP contribution in [0.15, 0.2) is 164 Å². The van der Waals surface area contributed by atoms with Crippen LogP contribution in [0.2, 0.25) is 0 Å². The number of fused-ring (bicyclic) bond motifs is 12. The third-order valence-electron chi connectivity index (χ3n) is 14.7. The second-order valence-corrected chi connectivity index (χ2v) is 18.4. The van der Waals surface area contributed by atoms with Gasteiger partial charge in [-0.3, -0.25) is 0 Å². The summed E-state index contributed by atoms with van der Waals surface area (Å²) in [6.07, 6.45) is 0. The Kier molecular flexibility index (Phi) is 6.63. The molecule has 8 aromatic carbocycles. The Morgan fingerprint density at radius 3 is 1.25 bits per heavy atom. The zero-order valence-electron chi connectivity index (χ0n) is 34.8. The molecular weight excluding hydrogens is 737 g/mol. The van der Waals surface area contributed by atoms with E-state index in [0.29, 0.717) is 11.8 Å². The normalized spacial score (nSPS) is 15.0. The molecule has 0 spiro atoms. The van der Waals surface area contributed by atoms with Crippen molar-refractivity contribution in [2.45, 2.75) is 39.5 Å². The second kappa shape index (κ2) is 11.9. The van der Waals surface area contributed by atoms with E-state index >= 15 is 0 Å². The Labute approximate surface area is 359 Å². The quantitative estimate of drug-likeness (QED) is 0.166. The van der Waals surface area contributed by atoms with E-state index in [1.807, 2.05) is 0 Å². The number of hydrogen-bond acceptors (Lipinski definition) is 4. The maximum absolute atomic E-state index is 2.70. The smallest absolute Gasteiger partial charge is 0.333 e. The van der Waals surface area contributed by atoms with Crippen LogP contribution in [0.25, 0.3) is 11.1 Å². The molecular formula is C54H41B3N4. The molecule has 0 saturated heterocycles. The predicted octanol–water partition coefficient (Wildman–Crippen LogP) is 8.82. The largest absolute Gasteiger partial charge is 0.376 e. The molecule has 0 bridgehead atoms. The highest BCUT2D eigenvalue weighted by atomic mass is 15.2. The van der Waals surface area contributed by atoms with E-state index in [-0.39, 0.29) is 20.4 Å². The first-order valence-electron chi connectivity index (χ1n) is 22.1. The molecule has 286 valence electrons. The molecule has 0 atom stereocenters. The minimum absolute atomic E-state index is 0.0427. The highest BCUT2D eigenvalue weighted by Crippen LogP contribution is 2.56. The fourth-order valence-corrected chi connectivity index (χ4v) is 12.2. The first-order chi connectivity index (χ1) is 30.0. The van der Waals surface area contributed by atoms with Crippen molar-refractivity contribution in [1.82, 2.24) is 0 Å². The lowest BCUT2D eigenvalue weighted by Gasteiger charge is -2.56. The molecule has 0 N–H and O–H groups in total. The van der Waals surface area contributed by atoms with Crippen molar-refractivity contribution in [3.8, 4) is 11.1 Å². The molecule has 8 aromatic rings. The first-order valence-corrected chi connectivity index (χ1v) is 22.1. The van der Waals surface area contributed by atoms with Crippen molar-refractivity contribution in [3.63, 3.8) is 0 Å². The molecule has 6 aliphatic heterocycles. The van der Waals surface area contributed by atoms with Crippen LogP contribution in [0.4, 0.5) is 56.9 Å². The lowest BCUT2D eigenvalue weighted by atomic mass is 9.28. The van der Waals surface area contributed by atoms with Gasteiger partial charge in [-0.25, -0.2) is 0 Å². The molecule has 0 amide bonds. The number of anilines is 10. The molecule has 4 nitrogen and oxygen atoms in total. The lowest BCUT2D eigenvalue weighted by Crippen LogP contribution is -2.74. The van der Waals surface area contributed by atoms with Crippen molar-refractivity contribution in [1.29, 1.82) is 0 Å². The lowest BCUT2D eigenvalue weighted by molar-refractivity contribution is 0.866. The summed E-state index contributed by atoms with van der Waals surface area (Å²) in [5, 5.41) is 0. The van der Waals surface area contributed by atoms with Crippen molar-refractivity contribution in [2.24, 2.45) is 0 Å². The molecule has 0 aliphatic carbocycles. The zero-order valence-corrected chi connectivity index (χ0v) is 34.8. The first kappa shape index (κ1) is 33.9. The van der Waals surface area contributed by atoms with E-state index < -0.39 is 0 Å². The van der Waals surface area contributed by atoms with E-state index in [0.717, 1.165) is 0 Å². The molecule has 6 heterocycles. The monoisotopic (exact) mass is 778 g/mol. The van der Waals surface area contributed by atoms with E-state index in [9.17, 15) is 0 Å². The maximum Gasteiger partial charge on any atom is 0.333 e. The van der Waals surface area contributed by atoms with Gasteiger partial charge in [0.2, 0.25) is 0 Å². The number of rotatable bonds is 4. The minimum atomic E-state index is -0.0427. The predicted molar refractivity (Wildman–Crippen MR) is 261 cm³/mol. The summed E-state index contributed by atoms with van der Waals surface area (Å²) in [6.45, 7) is 9.29. The topological polar surface area (TPSA) is 13.0 Å². The Bertz CT molecular complexity index is 3010. The van der Waals surface area contributed by atoms with Crippen LogP contribution in [0, 0.1) is 0 Å². The maximum atomic E-state index is 2.70. The average Bonchev–Trinajstić information content (AvgIpc) is 3.30. The standard InChI is InChI=1S/C54H41B3N4/c1-32(2)34-26-28-38-46(30-34)58-42-22-13-11-20-40(42)56-50-49-48-44(60(56)36-16-7-5-8-17-36)24-15-25-45(48)61(37-18-9-6-10-19-37)57-41-21-12-14-23-43(41)59-47-31-35(33(3)4)27-29-39(47)55(38)52(53(50)58)54(59)51(49)57/h5-33H,1-4H3. The van der Waals surface area contributed by atoms with Crippen LogP contribution in [-0.4, -0.2) is 20.4 Å². The Hall–Kier alpha value is -6.85. The van der Waals surface area contributed by atoms with Gasteiger partial charge < -0.3 is 19.4 Å². The summed E-state index contributed by atoms with van der Waals surface area (Å²) in [4.78, 5) is 10.7. The SMILES string of the molecule is CC(C)c1ccc2c(c1)N1c3ccccc3B3c4c5c6c7c(c41)B2c1ccc(C(C)C)cc1N7c1ccccc1B6N(c1ccccc1)c1cccc(c1-5)N3c1ccccc1. The number of nitrogens with zero attached hydrogens (tertiary/aromatic N) is 4. The van der Waals surface area contributed by atoms with Crippen LogP contribution >= 0.6 is 0 Å². The Morgan fingerprint density at radius 2 is 0.787 bits per heavy atom. The van der Waals surface area contributed by atoms with Crippen LogP contribution < -0.4 is 57.7 Å². The van der Waals surface area contributed by atoms with E-state index in [1.165, 1.54) is 117 Å². The fraction of sp³-hybridized carbons (Fsp3) is 0.111. The summed E-state index contributed by atoms with van der Waals surface area (Å²) >= 11 is 0. The van der Waals surface area contributed by atoms with Crippen LogP contribution in [0.3, 0.4) is 0 Å². The Morgan fingerprint density at radius 1 is 0.361 bits per heavy atom. The molecule has 6 aliphatic rings. The summed E-state index contributed by atoms with van der Waals surface area (Å²) in [7, 11) is 0. The highest BCUT2D eigenvalue weighted by molar-refractivity contribution is 7.05. The minimum Gasteiger partial charge on any atom is -0.376 e. The van der Waals surface area contributed by atoms with Crippen molar-refractivity contribution >= 4 is 116 Å². The van der Waals surface area contributed by atoms with E-state index in [4.69, 9.17) is 0 Å². The summed E-state index contributed by atoms with van der Waals surface area (Å²) in [6, 6.07) is 62.8. The van der Waals surface area contributed by atoms with Gasteiger partial charge in [0.25, 0.3) is 6.71 Å². The Balaban J connectivity index is 1.23. The molecule has 0 saturated carbocycles. The van der Waals surface area contributed by atoms with Crippen LogP contribution in [0.5, 0.6) is 0 Å². The molecule has 0 aromatic heterocycles. The third kappa shape index (κ3) is 4.15. The zero-order chi connectivity index (χ0) is 40.4. The van der Waals surface area contributed by atoms with Gasteiger partial charge in [0.15, 0.2) is 0 Å². The van der Waals surface area contributed by atoms with Gasteiger partial charge in [0.1, 0.15) is 0 Å². The van der Waals surface area contributed by atoms with E-state index in [1.54, 1.807) is 0 Å². The van der Waals surface area contributed by atoms with Gasteiger partial charge in [-0.2, -0.15) is 0 Å². The highest BCUT2D eigenvalue weighted by Gasteiger charge is 2.58. The number of hydrogen-bond donors (Lipinski definition) is 0. The summed E-state index contributed by atoms with van der Waals surface area (Å²) < 4.78 is 0. The van der Waals surface area contributed by atoms with Gasteiger partial charge in [-0.15, -0.1) is 0 Å². The molecule has 0 fully saturated rings. The molecule has 0 radical (unpaired) electrons. The third-order valence-corrected chi connectivity index (χ3v) is 14.7. The van der Waals surface area contributed by atoms with Gasteiger partial charge in [-0.05, 0) is 127 Å². The van der Waals surface area contributed by atoms with Gasteiger partial charge in [-0.1, -0.05) is 131 Å². The van der Waals surface area contributed by atoms with Crippen molar-refractivity contribution in [3.05, 3.63) is 175 Å². The van der Waals surface area contributed by atoms with Crippen molar-refractivity contribution < 1.29 is 0 Å². The molecule has 61 heavy (non-hydrogen) atoms. The van der Waals surface area contributed by atoms with Gasteiger partial charge >= 0.3 is 13.7 Å². The number of para-hydroxylation sites is 4. The number of benzene rings is 8. The van der Waals surface area contributed by atoms with Gasteiger partial charge in [0, 0.05) is 62.4 Å². The summed E-state index contributed by atoms with van der Waals surface area (Å²) in [5.41, 5.74) is 28.0. The fourth-order valence-electron chi connectivity index (χ4n) is 12.2. The summed E-state index contributed by atoms with van der Waals surface area (Å²) in [5.74, 6) is 0.795. The van der Waals surface area contributed by atoms with Crippen LogP contribution in [0.1, 0.15) is 50.7 Å². The van der Waals surface area contributed by atoms with E-state index in [2.05, 4.69) is 211 Å². The van der Waals surface area contributed by atoms with Gasteiger partial charge in [0.05, 0.1) is 0 Å². The average molecular weight is 778 g/mol. The van der Waals surface area contributed by atoms with Crippen LogP contribution in [-0.2, 0) is 0 Å². The molecule has 7 heteroatoms. The molecule has 0 unspecified atom stereocenters.